The number of hydrogen-bond donors (Lipinski definition) is 1. The maximum absolute atomic E-state index is 13.0. The largest absolute Gasteiger partial charge is 0.497 e. The highest BCUT2D eigenvalue weighted by Gasteiger charge is 2.42. The van der Waals surface area contributed by atoms with E-state index in [9.17, 15) is 4.79 Å². The lowest BCUT2D eigenvalue weighted by atomic mass is 9.82. The molecular weight excluding hydrogens is 416 g/mol. The summed E-state index contributed by atoms with van der Waals surface area (Å²) in [6, 6.07) is 18.2. The van der Waals surface area contributed by atoms with E-state index in [1.807, 2.05) is 39.9 Å². The normalized spacial score (nSPS) is 16.3. The molecule has 0 radical (unpaired) electrons. The number of para-hydroxylation sites is 1. The summed E-state index contributed by atoms with van der Waals surface area (Å²) in [5.74, 6) is 0.998. The summed E-state index contributed by atoms with van der Waals surface area (Å²) in [6.45, 7) is 1.97. The van der Waals surface area contributed by atoms with Gasteiger partial charge in [-0.2, -0.15) is 0 Å². The number of hydrogen-bond acceptors (Lipinski definition) is 5. The number of methoxy groups -OCH3 is 1. The molecule has 4 aromatic rings. The predicted molar refractivity (Wildman–Crippen MR) is 126 cm³/mol. The van der Waals surface area contributed by atoms with Gasteiger partial charge < -0.3 is 19.5 Å². The van der Waals surface area contributed by atoms with Crippen LogP contribution in [-0.2, 0) is 16.9 Å². The monoisotopic (exact) mass is 442 g/mol. The van der Waals surface area contributed by atoms with Crippen molar-refractivity contribution in [1.82, 2.24) is 24.5 Å². The fourth-order valence-electron chi connectivity index (χ4n) is 5.22. The molecule has 2 aliphatic heterocycles. The van der Waals surface area contributed by atoms with Gasteiger partial charge in [0.1, 0.15) is 11.3 Å². The number of aromatic nitrogens is 4. The van der Waals surface area contributed by atoms with Gasteiger partial charge in [-0.3, -0.25) is 4.79 Å². The first-order chi connectivity index (χ1) is 16.2. The van der Waals surface area contributed by atoms with Gasteiger partial charge in [-0.15, -0.1) is 5.10 Å². The van der Waals surface area contributed by atoms with Gasteiger partial charge in [0, 0.05) is 37.5 Å². The third-order valence-corrected chi connectivity index (χ3v) is 7.00. The number of anilines is 1. The molecule has 1 fully saturated rings. The van der Waals surface area contributed by atoms with Crippen LogP contribution in [0.4, 0.5) is 5.69 Å². The van der Waals surface area contributed by atoms with E-state index in [4.69, 9.17) is 4.74 Å². The standard InChI is InChI=1S/C25H26N6O2/c1-33-18-8-9-21-20(17-18)26-25(23-7-4-13-30(21)23)11-15-29(16-12-25)24(32)10-14-31-22-6-3-2-5-19(22)27-28-31/h2-9,13,17,26H,10-12,14-16H2,1H3. The summed E-state index contributed by atoms with van der Waals surface area (Å²) >= 11 is 0. The summed E-state index contributed by atoms with van der Waals surface area (Å²) in [4.78, 5) is 15.0. The number of rotatable bonds is 4. The molecule has 1 saturated heterocycles. The Morgan fingerprint density at radius 3 is 2.82 bits per heavy atom. The SMILES string of the molecule is COc1ccc2c(c1)NC1(CCN(C(=O)CCn3nnc4ccccc43)CC1)c1cccn1-2. The molecule has 1 spiro atoms. The Morgan fingerprint density at radius 1 is 1.12 bits per heavy atom. The lowest BCUT2D eigenvalue weighted by Crippen LogP contribution is -2.51. The third kappa shape index (κ3) is 3.25. The second kappa shape index (κ2) is 7.65. The fourth-order valence-corrected chi connectivity index (χ4v) is 5.22. The first-order valence-electron chi connectivity index (χ1n) is 11.4. The van der Waals surface area contributed by atoms with Crippen LogP contribution >= 0.6 is 0 Å². The summed E-state index contributed by atoms with van der Waals surface area (Å²) in [5, 5.41) is 12.2. The number of nitrogens with zero attached hydrogens (tertiary/aromatic N) is 5. The highest BCUT2D eigenvalue weighted by Crippen LogP contribution is 2.44. The average Bonchev–Trinajstić information content (AvgIpc) is 3.51. The van der Waals surface area contributed by atoms with E-state index in [2.05, 4.69) is 50.7 Å². The number of carbonyl (C=O) groups is 1. The zero-order valence-electron chi connectivity index (χ0n) is 18.6. The number of amides is 1. The molecule has 168 valence electrons. The molecule has 2 aliphatic rings. The van der Waals surface area contributed by atoms with Crippen LogP contribution in [0.15, 0.2) is 60.8 Å². The lowest BCUT2D eigenvalue weighted by Gasteiger charge is -2.46. The Morgan fingerprint density at radius 2 is 1.97 bits per heavy atom. The molecular formula is C25H26N6O2. The smallest absolute Gasteiger partial charge is 0.224 e. The van der Waals surface area contributed by atoms with Gasteiger partial charge in [0.05, 0.1) is 36.1 Å². The van der Waals surface area contributed by atoms with Gasteiger partial charge in [-0.25, -0.2) is 4.68 Å². The quantitative estimate of drug-likeness (QED) is 0.523. The van der Waals surface area contributed by atoms with Gasteiger partial charge in [0.25, 0.3) is 0 Å². The first kappa shape index (κ1) is 19.8. The molecule has 2 aromatic carbocycles. The van der Waals surface area contributed by atoms with Crippen LogP contribution in [0, 0.1) is 0 Å². The maximum Gasteiger partial charge on any atom is 0.224 e. The summed E-state index contributed by atoms with van der Waals surface area (Å²) in [7, 11) is 1.69. The zero-order chi connectivity index (χ0) is 22.4. The van der Waals surface area contributed by atoms with Crippen LogP contribution in [0.2, 0.25) is 0 Å². The van der Waals surface area contributed by atoms with Crippen molar-refractivity contribution in [2.75, 3.05) is 25.5 Å². The van der Waals surface area contributed by atoms with Crippen LogP contribution < -0.4 is 10.1 Å². The fraction of sp³-hybridized carbons (Fsp3) is 0.320. The Bertz CT molecular complexity index is 1330. The first-order valence-corrected chi connectivity index (χ1v) is 11.4. The van der Waals surface area contributed by atoms with Crippen molar-refractivity contribution in [3.05, 3.63) is 66.5 Å². The van der Waals surface area contributed by atoms with E-state index in [1.54, 1.807) is 7.11 Å². The Labute approximate surface area is 191 Å². The number of piperidine rings is 1. The van der Waals surface area contributed by atoms with E-state index in [1.165, 1.54) is 5.69 Å². The minimum absolute atomic E-state index is 0.165. The second-order valence-corrected chi connectivity index (χ2v) is 8.79. The molecule has 1 amide bonds. The van der Waals surface area contributed by atoms with Crippen LogP contribution in [0.1, 0.15) is 25.0 Å². The van der Waals surface area contributed by atoms with Crippen molar-refractivity contribution in [2.24, 2.45) is 0 Å². The van der Waals surface area contributed by atoms with Crippen molar-refractivity contribution in [1.29, 1.82) is 0 Å². The second-order valence-electron chi connectivity index (χ2n) is 8.79. The van der Waals surface area contributed by atoms with Crippen molar-refractivity contribution in [3.63, 3.8) is 0 Å². The minimum Gasteiger partial charge on any atom is -0.497 e. The average molecular weight is 443 g/mol. The van der Waals surface area contributed by atoms with Gasteiger partial charge in [0.15, 0.2) is 0 Å². The molecule has 0 unspecified atom stereocenters. The molecule has 8 nitrogen and oxygen atoms in total. The summed E-state index contributed by atoms with van der Waals surface area (Å²) < 4.78 is 9.53. The zero-order valence-corrected chi connectivity index (χ0v) is 18.6. The van der Waals surface area contributed by atoms with Crippen molar-refractivity contribution in [2.45, 2.75) is 31.3 Å². The van der Waals surface area contributed by atoms with Crippen LogP contribution in [-0.4, -0.2) is 50.6 Å². The van der Waals surface area contributed by atoms with E-state index in [0.717, 1.165) is 41.0 Å². The van der Waals surface area contributed by atoms with Crippen molar-refractivity contribution in [3.8, 4) is 11.4 Å². The van der Waals surface area contributed by atoms with Gasteiger partial charge in [-0.05, 0) is 49.2 Å². The molecule has 8 heteroatoms. The van der Waals surface area contributed by atoms with E-state index in [-0.39, 0.29) is 11.4 Å². The summed E-state index contributed by atoms with van der Waals surface area (Å²) in [6.07, 6.45) is 4.24. The van der Waals surface area contributed by atoms with Crippen LogP contribution in [0.3, 0.4) is 0 Å². The Balaban J connectivity index is 1.16. The molecule has 0 atom stereocenters. The highest BCUT2D eigenvalue weighted by atomic mass is 16.5. The Hall–Kier alpha value is -3.81. The van der Waals surface area contributed by atoms with Crippen LogP contribution in [0.25, 0.3) is 16.7 Å². The van der Waals surface area contributed by atoms with Gasteiger partial charge >= 0.3 is 0 Å². The van der Waals surface area contributed by atoms with E-state index >= 15 is 0 Å². The van der Waals surface area contributed by atoms with E-state index in [0.29, 0.717) is 26.1 Å². The van der Waals surface area contributed by atoms with Gasteiger partial charge in [0.2, 0.25) is 5.91 Å². The molecule has 33 heavy (non-hydrogen) atoms. The van der Waals surface area contributed by atoms with E-state index < -0.39 is 0 Å². The number of aryl methyl sites for hydroxylation is 1. The van der Waals surface area contributed by atoms with Crippen molar-refractivity contribution < 1.29 is 9.53 Å². The molecule has 4 heterocycles. The topological polar surface area (TPSA) is 77.2 Å². The number of ether oxygens (including phenoxy) is 1. The molecule has 2 aromatic heterocycles. The van der Waals surface area contributed by atoms with Crippen LogP contribution in [0.5, 0.6) is 5.75 Å². The number of nitrogens with one attached hydrogen (secondary N) is 1. The number of benzene rings is 2. The lowest BCUT2D eigenvalue weighted by molar-refractivity contribution is -0.133. The number of likely N-dealkylation sites (tertiary alicyclic amines) is 1. The third-order valence-electron chi connectivity index (χ3n) is 7.00. The highest BCUT2D eigenvalue weighted by molar-refractivity contribution is 5.77. The molecule has 0 saturated carbocycles. The van der Waals surface area contributed by atoms with Gasteiger partial charge in [-0.1, -0.05) is 17.3 Å². The predicted octanol–water partition coefficient (Wildman–Crippen LogP) is 3.56. The Kier molecular flexibility index (Phi) is 4.60. The number of fused-ring (bicyclic) bond motifs is 5. The summed E-state index contributed by atoms with van der Waals surface area (Å²) in [5.41, 5.74) is 5.07. The minimum atomic E-state index is -0.193. The van der Waals surface area contributed by atoms with Crippen molar-refractivity contribution >= 4 is 22.6 Å². The molecule has 1 N–H and O–H groups in total. The molecule has 0 aliphatic carbocycles. The molecule has 6 rings (SSSR count). The maximum atomic E-state index is 13.0. The number of carbonyl (C=O) groups excluding carboxylic acids is 1. The molecule has 0 bridgehead atoms.